The number of phosphoric ester groups is 1. The molecule has 20 heavy (non-hydrogen) atoms. The standard InChI is InChI=1S/C11H17N2O6P/c1-13(2,3)8-9-18-20(16,17)19-11-7-5-4-6-10(11)12(14)15/h4-7H,8-9H2,1-3H3/p+1. The highest BCUT2D eigenvalue weighted by atomic mass is 31.2. The Labute approximate surface area is 116 Å². The molecule has 112 valence electrons. The van der Waals surface area contributed by atoms with Crippen LogP contribution in [0.2, 0.25) is 0 Å². The quantitative estimate of drug-likeness (QED) is 0.357. The van der Waals surface area contributed by atoms with E-state index in [0.717, 1.165) is 0 Å². The number of nitrogens with zero attached hydrogens (tertiary/aromatic N) is 2. The van der Waals surface area contributed by atoms with Crippen LogP contribution in [0.1, 0.15) is 0 Å². The van der Waals surface area contributed by atoms with Crippen LogP contribution in [0.15, 0.2) is 24.3 Å². The van der Waals surface area contributed by atoms with Crippen molar-refractivity contribution >= 4 is 13.5 Å². The molecule has 1 aromatic carbocycles. The molecule has 0 radical (unpaired) electrons. The maximum atomic E-state index is 11.7. The lowest BCUT2D eigenvalue weighted by molar-refractivity contribution is -0.870. The summed E-state index contributed by atoms with van der Waals surface area (Å²) < 4.78 is 21.8. The van der Waals surface area contributed by atoms with E-state index in [1.54, 1.807) is 0 Å². The highest BCUT2D eigenvalue weighted by Gasteiger charge is 2.28. The van der Waals surface area contributed by atoms with Gasteiger partial charge in [0.15, 0.2) is 0 Å². The molecule has 0 fully saturated rings. The maximum Gasteiger partial charge on any atom is 0.527 e. The van der Waals surface area contributed by atoms with Crippen LogP contribution in [0, 0.1) is 10.1 Å². The van der Waals surface area contributed by atoms with Gasteiger partial charge >= 0.3 is 13.5 Å². The van der Waals surface area contributed by atoms with Crippen molar-refractivity contribution in [3.05, 3.63) is 34.4 Å². The summed E-state index contributed by atoms with van der Waals surface area (Å²) in [6, 6.07) is 5.32. The smallest absolute Gasteiger partial charge is 0.397 e. The third-order valence-corrected chi connectivity index (χ3v) is 3.23. The van der Waals surface area contributed by atoms with Crippen LogP contribution in [-0.2, 0) is 9.09 Å². The van der Waals surface area contributed by atoms with Crippen LogP contribution in [0.5, 0.6) is 5.75 Å². The molecule has 0 aliphatic carbocycles. The van der Waals surface area contributed by atoms with Crippen molar-refractivity contribution in [2.24, 2.45) is 0 Å². The fraction of sp³-hybridized carbons (Fsp3) is 0.455. The zero-order chi connectivity index (χ0) is 15.4. The van der Waals surface area contributed by atoms with Crippen molar-refractivity contribution < 1.29 is 27.9 Å². The van der Waals surface area contributed by atoms with E-state index < -0.39 is 18.4 Å². The van der Waals surface area contributed by atoms with Gasteiger partial charge in [-0.15, -0.1) is 0 Å². The third kappa shape index (κ3) is 5.66. The predicted octanol–water partition coefficient (Wildman–Crippen LogP) is 1.80. The van der Waals surface area contributed by atoms with E-state index >= 15 is 0 Å². The van der Waals surface area contributed by atoms with Gasteiger partial charge < -0.3 is 9.01 Å². The number of rotatable bonds is 7. The highest BCUT2D eigenvalue weighted by molar-refractivity contribution is 7.47. The number of para-hydroxylation sites is 2. The summed E-state index contributed by atoms with van der Waals surface area (Å²) in [7, 11) is 1.31. The van der Waals surface area contributed by atoms with Crippen LogP contribution in [0.3, 0.4) is 0 Å². The van der Waals surface area contributed by atoms with E-state index in [1.165, 1.54) is 24.3 Å². The second-order valence-corrected chi connectivity index (χ2v) is 6.51. The molecule has 0 aliphatic heterocycles. The number of hydrogen-bond donors (Lipinski definition) is 1. The van der Waals surface area contributed by atoms with E-state index in [4.69, 9.17) is 9.05 Å². The minimum atomic E-state index is -4.38. The average molecular weight is 305 g/mol. The molecule has 9 heteroatoms. The molecule has 0 saturated carbocycles. The molecule has 8 nitrogen and oxygen atoms in total. The van der Waals surface area contributed by atoms with Crippen molar-refractivity contribution in [2.75, 3.05) is 34.3 Å². The first-order valence-corrected chi connectivity index (χ1v) is 7.31. The first kappa shape index (κ1) is 16.6. The fourth-order valence-corrected chi connectivity index (χ4v) is 2.03. The van der Waals surface area contributed by atoms with Gasteiger partial charge in [0, 0.05) is 6.07 Å². The van der Waals surface area contributed by atoms with E-state index in [2.05, 4.69) is 0 Å². The van der Waals surface area contributed by atoms with Gasteiger partial charge in [0.25, 0.3) is 0 Å². The predicted molar refractivity (Wildman–Crippen MR) is 72.4 cm³/mol. The molecule has 1 atom stereocenters. The summed E-state index contributed by atoms with van der Waals surface area (Å²) >= 11 is 0. The molecular formula is C11H18N2O6P+. The van der Waals surface area contributed by atoms with Crippen molar-refractivity contribution in [3.8, 4) is 5.75 Å². The Hall–Kier alpha value is -1.47. The Balaban J connectivity index is 2.72. The topological polar surface area (TPSA) is 98.9 Å². The molecule has 1 unspecified atom stereocenters. The van der Waals surface area contributed by atoms with Crippen molar-refractivity contribution in [3.63, 3.8) is 0 Å². The molecule has 0 aromatic heterocycles. The summed E-state index contributed by atoms with van der Waals surface area (Å²) in [4.78, 5) is 19.6. The number of nitro benzene ring substituents is 1. The monoisotopic (exact) mass is 305 g/mol. The first-order valence-electron chi connectivity index (χ1n) is 5.81. The van der Waals surface area contributed by atoms with Gasteiger partial charge in [-0.1, -0.05) is 12.1 Å². The molecule has 0 heterocycles. The highest BCUT2D eigenvalue weighted by Crippen LogP contribution is 2.46. The SMILES string of the molecule is C[N+](C)(C)CCOP(=O)(O)Oc1ccccc1[N+](=O)[O-]. The molecule has 0 spiro atoms. The Kier molecular flexibility index (Phi) is 5.24. The lowest BCUT2D eigenvalue weighted by atomic mass is 10.3. The summed E-state index contributed by atoms with van der Waals surface area (Å²) in [6.45, 7) is 0.489. The average Bonchev–Trinajstić information content (AvgIpc) is 2.26. The second kappa shape index (κ2) is 6.32. The van der Waals surface area contributed by atoms with Gasteiger partial charge in [-0.2, -0.15) is 0 Å². The van der Waals surface area contributed by atoms with Crippen LogP contribution >= 0.6 is 7.82 Å². The summed E-state index contributed by atoms with van der Waals surface area (Å²) in [6.07, 6.45) is 0. The van der Waals surface area contributed by atoms with Gasteiger partial charge in [0.2, 0.25) is 5.75 Å². The minimum absolute atomic E-state index is 0.00207. The number of likely N-dealkylation sites (N-methyl/N-ethyl adjacent to an activating group) is 1. The van der Waals surface area contributed by atoms with Gasteiger partial charge in [0.05, 0.1) is 26.1 Å². The van der Waals surface area contributed by atoms with Crippen molar-refractivity contribution in [1.29, 1.82) is 0 Å². The van der Waals surface area contributed by atoms with E-state index in [1.807, 2.05) is 21.1 Å². The number of phosphoric acid groups is 1. The molecule has 0 amide bonds. The maximum absolute atomic E-state index is 11.7. The molecular weight excluding hydrogens is 287 g/mol. The van der Waals surface area contributed by atoms with Crippen LogP contribution < -0.4 is 4.52 Å². The van der Waals surface area contributed by atoms with E-state index in [9.17, 15) is 19.6 Å². The fourth-order valence-electron chi connectivity index (χ4n) is 1.27. The molecule has 0 saturated heterocycles. The van der Waals surface area contributed by atoms with Crippen molar-refractivity contribution in [1.82, 2.24) is 0 Å². The molecule has 0 bridgehead atoms. The zero-order valence-electron chi connectivity index (χ0n) is 11.6. The van der Waals surface area contributed by atoms with Gasteiger partial charge in [-0.25, -0.2) is 4.57 Å². The molecule has 1 N–H and O–H groups in total. The lowest BCUT2D eigenvalue weighted by Crippen LogP contribution is -2.37. The summed E-state index contributed by atoms with van der Waals surface area (Å²) in [5, 5.41) is 10.8. The van der Waals surface area contributed by atoms with Crippen LogP contribution in [0.25, 0.3) is 0 Å². The van der Waals surface area contributed by atoms with Gasteiger partial charge in [-0.3, -0.25) is 19.5 Å². The lowest BCUT2D eigenvalue weighted by Gasteiger charge is -2.23. The van der Waals surface area contributed by atoms with Crippen LogP contribution in [0.4, 0.5) is 5.69 Å². The number of hydrogen-bond acceptors (Lipinski definition) is 5. The normalized spacial score (nSPS) is 14.6. The second-order valence-electron chi connectivity index (χ2n) is 5.13. The molecule has 0 aliphatic rings. The number of nitro groups is 1. The van der Waals surface area contributed by atoms with Crippen LogP contribution in [-0.4, -0.2) is 48.6 Å². The Morgan fingerprint density at radius 3 is 2.50 bits per heavy atom. The molecule has 1 aromatic rings. The Morgan fingerprint density at radius 1 is 1.35 bits per heavy atom. The van der Waals surface area contributed by atoms with Crippen molar-refractivity contribution in [2.45, 2.75) is 0 Å². The van der Waals surface area contributed by atoms with E-state index in [-0.39, 0.29) is 12.4 Å². The third-order valence-electron chi connectivity index (χ3n) is 2.29. The molecule has 1 rings (SSSR count). The Morgan fingerprint density at radius 2 is 1.95 bits per heavy atom. The summed E-state index contributed by atoms with van der Waals surface area (Å²) in [5.74, 6) is -0.298. The zero-order valence-corrected chi connectivity index (χ0v) is 12.4. The minimum Gasteiger partial charge on any atom is -0.397 e. The van der Waals surface area contributed by atoms with Gasteiger partial charge in [-0.05, 0) is 6.07 Å². The Bertz CT molecular complexity index is 528. The van der Waals surface area contributed by atoms with Gasteiger partial charge in [0.1, 0.15) is 13.2 Å². The van der Waals surface area contributed by atoms with E-state index in [0.29, 0.717) is 11.0 Å². The number of benzene rings is 1. The first-order chi connectivity index (χ1) is 9.11. The number of quaternary nitrogens is 1. The summed E-state index contributed by atoms with van der Waals surface area (Å²) in [5.41, 5.74) is -0.392. The largest absolute Gasteiger partial charge is 0.527 e.